The van der Waals surface area contributed by atoms with Crippen molar-refractivity contribution in [2.75, 3.05) is 13.9 Å². The van der Waals surface area contributed by atoms with Crippen LogP contribution in [0.5, 0.6) is 0 Å². The van der Waals surface area contributed by atoms with Crippen molar-refractivity contribution < 1.29 is 19.1 Å². The van der Waals surface area contributed by atoms with Crippen molar-refractivity contribution in [3.05, 3.63) is 0 Å². The number of rotatable bonds is 8. The summed E-state index contributed by atoms with van der Waals surface area (Å²) < 4.78 is 9.88. The molecule has 0 aliphatic heterocycles. The third-order valence-electron chi connectivity index (χ3n) is 1.94. The molecule has 6 heteroatoms. The number of methoxy groups -OCH3 is 1. The molecule has 0 saturated heterocycles. The summed E-state index contributed by atoms with van der Waals surface area (Å²) in [5.41, 5.74) is 0. The molecule has 0 spiro atoms. The molecule has 0 aliphatic carbocycles. The topological polar surface area (TPSA) is 52.6 Å². The third-order valence-corrected chi connectivity index (χ3v) is 2.38. The molecule has 0 aromatic carbocycles. The first-order valence-corrected chi connectivity index (χ1v) is 5.26. The Hall–Kier alpha value is -0.160. The van der Waals surface area contributed by atoms with Crippen molar-refractivity contribution >= 4 is 33.7 Å². The molecule has 0 amide bonds. The van der Waals surface area contributed by atoms with E-state index in [0.29, 0.717) is 6.42 Å². The first-order valence-electron chi connectivity index (χ1n) is 4.51. The second-order valence-corrected chi connectivity index (χ2v) is 3.78. The van der Waals surface area contributed by atoms with E-state index < -0.39 is 22.5 Å². The first kappa shape index (κ1) is 14.8. The third kappa shape index (κ3) is 6.10. The smallest absolute Gasteiger partial charge is 0.227 e. The van der Waals surface area contributed by atoms with Crippen LogP contribution in [0.15, 0.2) is 0 Å². The summed E-state index contributed by atoms with van der Waals surface area (Å²) in [6, 6.07) is 0. The van der Waals surface area contributed by atoms with E-state index >= 15 is 0 Å². The minimum absolute atomic E-state index is 0.00446. The van der Waals surface area contributed by atoms with Crippen LogP contribution in [-0.4, -0.2) is 30.5 Å². The zero-order valence-electron chi connectivity index (χ0n) is 8.66. The van der Waals surface area contributed by atoms with Crippen molar-refractivity contribution in [1.29, 1.82) is 0 Å². The lowest BCUT2D eigenvalue weighted by atomic mass is 9.99. The minimum Gasteiger partial charge on any atom is -0.359 e. The van der Waals surface area contributed by atoms with E-state index in [0.717, 1.165) is 0 Å². The highest BCUT2D eigenvalue weighted by Crippen LogP contribution is 2.19. The molecule has 0 aromatic rings. The fourth-order valence-corrected chi connectivity index (χ4v) is 1.65. The van der Waals surface area contributed by atoms with Crippen LogP contribution in [-0.2, 0) is 19.1 Å². The molecule has 0 N–H and O–H groups in total. The number of hydrogen-bond acceptors (Lipinski definition) is 4. The van der Waals surface area contributed by atoms with Gasteiger partial charge in [0.15, 0.2) is 0 Å². The zero-order valence-corrected chi connectivity index (χ0v) is 10.2. The van der Waals surface area contributed by atoms with Crippen molar-refractivity contribution in [3.8, 4) is 0 Å². The maximum Gasteiger partial charge on any atom is 0.227 e. The average molecular weight is 257 g/mol. The van der Waals surface area contributed by atoms with Crippen molar-refractivity contribution in [3.63, 3.8) is 0 Å². The molecular formula is C9H14Cl2O4. The molecule has 0 fully saturated rings. The Morgan fingerprint density at radius 2 is 1.93 bits per heavy atom. The predicted molar refractivity (Wildman–Crippen MR) is 56.9 cm³/mol. The molecule has 15 heavy (non-hydrogen) atoms. The summed E-state index contributed by atoms with van der Waals surface area (Å²) in [6.07, 6.45) is -0.187. The molecule has 4 nitrogen and oxygen atoms in total. The minimum atomic E-state index is -0.620. The van der Waals surface area contributed by atoms with Crippen LogP contribution in [0.25, 0.3) is 0 Å². The molecule has 1 unspecified atom stereocenters. The maximum absolute atomic E-state index is 11.1. The molecular weight excluding hydrogens is 243 g/mol. The van der Waals surface area contributed by atoms with Gasteiger partial charge >= 0.3 is 0 Å². The Morgan fingerprint density at radius 1 is 1.33 bits per heavy atom. The largest absolute Gasteiger partial charge is 0.359 e. The van der Waals surface area contributed by atoms with Crippen LogP contribution >= 0.6 is 23.2 Å². The number of carbonyl (C=O) groups excluding carboxylic acids is 2. The lowest BCUT2D eigenvalue weighted by Crippen LogP contribution is -2.30. The summed E-state index contributed by atoms with van der Waals surface area (Å²) in [4.78, 5) is 21.8. The lowest BCUT2D eigenvalue weighted by Gasteiger charge is -2.21. The number of halogens is 2. The SMILES string of the molecule is CCC(C(=O)Cl)[C@@H](CC(=O)Cl)OCOC. The summed E-state index contributed by atoms with van der Waals surface area (Å²) >= 11 is 10.6. The fraction of sp³-hybridized carbons (Fsp3) is 0.778. The van der Waals surface area contributed by atoms with Crippen LogP contribution < -0.4 is 0 Å². The highest BCUT2D eigenvalue weighted by atomic mass is 35.5. The molecule has 0 heterocycles. The summed E-state index contributed by atoms with van der Waals surface area (Å²) in [6.45, 7) is 1.78. The van der Waals surface area contributed by atoms with Gasteiger partial charge in [0.25, 0.3) is 0 Å². The van der Waals surface area contributed by atoms with Crippen LogP contribution in [0.2, 0.25) is 0 Å². The monoisotopic (exact) mass is 256 g/mol. The fourth-order valence-electron chi connectivity index (χ4n) is 1.20. The molecule has 0 aliphatic rings. The van der Waals surface area contributed by atoms with Gasteiger partial charge in [-0.3, -0.25) is 9.59 Å². The highest BCUT2D eigenvalue weighted by molar-refractivity contribution is 6.64. The van der Waals surface area contributed by atoms with Crippen molar-refractivity contribution in [2.24, 2.45) is 5.92 Å². The standard InChI is InChI=1S/C9H14Cl2O4/c1-3-6(9(11)13)7(4-8(10)12)15-5-14-2/h6-7H,3-5H2,1-2H3/t6?,7-/m1/s1. The maximum atomic E-state index is 11.1. The van der Waals surface area contributed by atoms with Gasteiger partial charge < -0.3 is 9.47 Å². The van der Waals surface area contributed by atoms with Crippen molar-refractivity contribution in [1.82, 2.24) is 0 Å². The zero-order chi connectivity index (χ0) is 11.8. The van der Waals surface area contributed by atoms with Gasteiger partial charge in [-0.05, 0) is 29.6 Å². The van der Waals surface area contributed by atoms with E-state index in [-0.39, 0.29) is 13.2 Å². The highest BCUT2D eigenvalue weighted by Gasteiger charge is 2.28. The van der Waals surface area contributed by atoms with Gasteiger partial charge in [0.2, 0.25) is 10.5 Å². The van der Waals surface area contributed by atoms with E-state index in [4.69, 9.17) is 32.7 Å². The van der Waals surface area contributed by atoms with E-state index in [9.17, 15) is 9.59 Å². The van der Waals surface area contributed by atoms with Gasteiger partial charge in [0, 0.05) is 13.5 Å². The lowest BCUT2D eigenvalue weighted by molar-refractivity contribution is -0.132. The Balaban J connectivity index is 4.42. The molecule has 88 valence electrons. The molecule has 0 bridgehead atoms. The van der Waals surface area contributed by atoms with E-state index in [1.807, 2.05) is 0 Å². The van der Waals surface area contributed by atoms with E-state index in [1.165, 1.54) is 7.11 Å². The Kier molecular flexibility index (Phi) is 7.96. The summed E-state index contributed by atoms with van der Waals surface area (Å²) in [5, 5.41) is -1.09. The number of hydrogen-bond donors (Lipinski definition) is 0. The summed E-state index contributed by atoms with van der Waals surface area (Å²) in [5.74, 6) is -0.537. The summed E-state index contributed by atoms with van der Waals surface area (Å²) in [7, 11) is 1.45. The van der Waals surface area contributed by atoms with E-state index in [1.54, 1.807) is 6.92 Å². The Labute approximate surface area is 98.8 Å². The molecule has 0 saturated carbocycles. The van der Waals surface area contributed by atoms with Gasteiger partial charge in [0.1, 0.15) is 6.79 Å². The second-order valence-electron chi connectivity index (χ2n) is 2.99. The van der Waals surface area contributed by atoms with E-state index in [2.05, 4.69) is 0 Å². The van der Waals surface area contributed by atoms with Crippen LogP contribution in [0, 0.1) is 5.92 Å². The predicted octanol–water partition coefficient (Wildman–Crippen LogP) is 1.92. The molecule has 2 atom stereocenters. The average Bonchev–Trinajstić information content (AvgIpc) is 2.13. The van der Waals surface area contributed by atoms with Crippen LogP contribution in [0.3, 0.4) is 0 Å². The van der Waals surface area contributed by atoms with Gasteiger partial charge in [-0.1, -0.05) is 6.92 Å². The van der Waals surface area contributed by atoms with Gasteiger partial charge in [-0.2, -0.15) is 0 Å². The van der Waals surface area contributed by atoms with Crippen LogP contribution in [0.4, 0.5) is 0 Å². The van der Waals surface area contributed by atoms with Crippen molar-refractivity contribution in [2.45, 2.75) is 25.9 Å². The normalized spacial score (nSPS) is 14.7. The first-order chi connectivity index (χ1) is 7.02. The second kappa shape index (κ2) is 8.05. The quantitative estimate of drug-likeness (QED) is 0.492. The van der Waals surface area contributed by atoms with Crippen LogP contribution in [0.1, 0.15) is 19.8 Å². The molecule has 0 radical (unpaired) electrons. The molecule has 0 rings (SSSR count). The molecule has 0 aromatic heterocycles. The van der Waals surface area contributed by atoms with Gasteiger partial charge in [-0.15, -0.1) is 0 Å². The number of carbonyl (C=O) groups is 2. The van der Waals surface area contributed by atoms with Gasteiger partial charge in [-0.25, -0.2) is 0 Å². The Bertz CT molecular complexity index is 220. The number of ether oxygens (including phenoxy) is 2. The van der Waals surface area contributed by atoms with Gasteiger partial charge in [0.05, 0.1) is 12.0 Å². The Morgan fingerprint density at radius 3 is 2.27 bits per heavy atom.